The fourth-order valence-corrected chi connectivity index (χ4v) is 1.42. The van der Waals surface area contributed by atoms with E-state index in [2.05, 4.69) is 15.1 Å². The van der Waals surface area contributed by atoms with Crippen LogP contribution in [0.15, 0.2) is 18.5 Å². The zero-order valence-corrected chi connectivity index (χ0v) is 8.92. The SMILES string of the molecule is Cn1nccc1-c1nc(Cl)ncc1[N+](=O)[O-]. The van der Waals surface area contributed by atoms with Gasteiger partial charge in [0.15, 0.2) is 5.69 Å². The molecule has 0 amide bonds. The summed E-state index contributed by atoms with van der Waals surface area (Å²) >= 11 is 5.62. The zero-order chi connectivity index (χ0) is 11.7. The minimum absolute atomic E-state index is 0.0400. The number of halogens is 1. The first-order valence-electron chi connectivity index (χ1n) is 4.25. The Kier molecular flexibility index (Phi) is 2.53. The third-order valence-electron chi connectivity index (χ3n) is 2.00. The molecule has 0 aliphatic rings. The highest BCUT2D eigenvalue weighted by atomic mass is 35.5. The van der Waals surface area contributed by atoms with Crippen LogP contribution in [0.1, 0.15) is 0 Å². The monoisotopic (exact) mass is 239 g/mol. The molecule has 0 saturated carbocycles. The average molecular weight is 240 g/mol. The Labute approximate surface area is 94.9 Å². The van der Waals surface area contributed by atoms with Crippen LogP contribution in [0.4, 0.5) is 5.69 Å². The van der Waals surface area contributed by atoms with Crippen molar-refractivity contribution in [1.29, 1.82) is 0 Å². The van der Waals surface area contributed by atoms with Crippen molar-refractivity contribution in [2.24, 2.45) is 7.05 Å². The predicted octanol–water partition coefficient (Wildman–Crippen LogP) is 1.44. The molecule has 0 N–H and O–H groups in total. The third-order valence-corrected chi connectivity index (χ3v) is 2.18. The molecule has 2 aromatic rings. The molecular weight excluding hydrogens is 234 g/mol. The van der Waals surface area contributed by atoms with E-state index in [0.29, 0.717) is 5.69 Å². The van der Waals surface area contributed by atoms with E-state index < -0.39 is 4.92 Å². The van der Waals surface area contributed by atoms with Crippen molar-refractivity contribution in [3.8, 4) is 11.4 Å². The Morgan fingerprint density at radius 3 is 2.88 bits per heavy atom. The highest BCUT2D eigenvalue weighted by molar-refractivity contribution is 6.28. The normalized spacial score (nSPS) is 10.4. The van der Waals surface area contributed by atoms with E-state index in [0.717, 1.165) is 6.20 Å². The summed E-state index contributed by atoms with van der Waals surface area (Å²) in [7, 11) is 1.66. The maximum atomic E-state index is 10.8. The van der Waals surface area contributed by atoms with Crippen LogP contribution in [0.5, 0.6) is 0 Å². The number of rotatable bonds is 2. The molecule has 0 atom stereocenters. The van der Waals surface area contributed by atoms with E-state index in [9.17, 15) is 10.1 Å². The van der Waals surface area contributed by atoms with E-state index in [1.807, 2.05) is 0 Å². The smallest absolute Gasteiger partial charge is 0.266 e. The van der Waals surface area contributed by atoms with Gasteiger partial charge in [0, 0.05) is 13.2 Å². The van der Waals surface area contributed by atoms with Crippen LogP contribution >= 0.6 is 11.6 Å². The summed E-state index contributed by atoms with van der Waals surface area (Å²) in [6, 6.07) is 1.62. The van der Waals surface area contributed by atoms with Gasteiger partial charge < -0.3 is 0 Å². The standard InChI is InChI=1S/C8H6ClN5O2/c1-13-5(2-3-11-13)7-6(14(15)16)4-10-8(9)12-7/h2-4H,1H3. The van der Waals surface area contributed by atoms with E-state index in [1.54, 1.807) is 13.1 Å². The lowest BCUT2D eigenvalue weighted by atomic mass is 10.2. The number of nitrogens with zero attached hydrogens (tertiary/aromatic N) is 5. The molecule has 16 heavy (non-hydrogen) atoms. The lowest BCUT2D eigenvalue weighted by Gasteiger charge is -2.02. The summed E-state index contributed by atoms with van der Waals surface area (Å²) in [5.41, 5.74) is 0.467. The van der Waals surface area contributed by atoms with Gasteiger partial charge in [-0.25, -0.2) is 9.97 Å². The molecule has 0 aromatic carbocycles. The summed E-state index contributed by atoms with van der Waals surface area (Å²) in [5.74, 6) is 0. The number of hydrogen-bond donors (Lipinski definition) is 0. The van der Waals surface area contributed by atoms with Crippen molar-refractivity contribution >= 4 is 17.3 Å². The Morgan fingerprint density at radius 2 is 2.31 bits per heavy atom. The predicted molar refractivity (Wildman–Crippen MR) is 55.9 cm³/mol. The molecule has 0 spiro atoms. The molecule has 0 aliphatic carbocycles. The van der Waals surface area contributed by atoms with E-state index in [1.165, 1.54) is 10.9 Å². The second kappa shape index (κ2) is 3.86. The minimum Gasteiger partial charge on any atom is -0.266 e. The Bertz CT molecular complexity index is 553. The molecule has 0 fully saturated rings. The summed E-state index contributed by atoms with van der Waals surface area (Å²) in [6.07, 6.45) is 2.60. The first-order chi connectivity index (χ1) is 7.59. The van der Waals surface area contributed by atoms with Crippen molar-refractivity contribution in [2.75, 3.05) is 0 Å². The fourth-order valence-electron chi connectivity index (χ4n) is 1.28. The Balaban J connectivity index is 2.67. The Morgan fingerprint density at radius 1 is 1.56 bits per heavy atom. The van der Waals surface area contributed by atoms with Crippen LogP contribution in [0, 0.1) is 10.1 Å². The van der Waals surface area contributed by atoms with Crippen LogP contribution in [0.2, 0.25) is 5.28 Å². The molecule has 7 nitrogen and oxygen atoms in total. The molecule has 2 aromatic heterocycles. The van der Waals surface area contributed by atoms with Gasteiger partial charge in [0.1, 0.15) is 6.20 Å². The number of aryl methyl sites for hydroxylation is 1. The maximum absolute atomic E-state index is 10.8. The van der Waals surface area contributed by atoms with Crippen LogP contribution < -0.4 is 0 Å². The second-order valence-corrected chi connectivity index (χ2v) is 3.31. The first kappa shape index (κ1) is 10.5. The van der Waals surface area contributed by atoms with Gasteiger partial charge in [-0.2, -0.15) is 5.10 Å². The van der Waals surface area contributed by atoms with Gasteiger partial charge in [0.05, 0.1) is 10.6 Å². The summed E-state index contributed by atoms with van der Waals surface area (Å²) in [4.78, 5) is 17.7. The molecule has 0 unspecified atom stereocenters. The van der Waals surface area contributed by atoms with E-state index in [4.69, 9.17) is 11.6 Å². The first-order valence-corrected chi connectivity index (χ1v) is 4.62. The van der Waals surface area contributed by atoms with Crippen molar-refractivity contribution in [3.05, 3.63) is 33.9 Å². The quantitative estimate of drug-likeness (QED) is 0.450. The molecule has 2 rings (SSSR count). The fraction of sp³-hybridized carbons (Fsp3) is 0.125. The zero-order valence-electron chi connectivity index (χ0n) is 8.16. The third kappa shape index (κ3) is 1.72. The summed E-state index contributed by atoms with van der Waals surface area (Å²) in [5, 5.41) is 14.7. The van der Waals surface area contributed by atoms with Gasteiger partial charge in [-0.1, -0.05) is 0 Å². The molecule has 2 heterocycles. The van der Waals surface area contributed by atoms with Crippen LogP contribution in [-0.2, 0) is 7.05 Å². The number of nitro groups is 1. The van der Waals surface area contributed by atoms with Crippen LogP contribution in [-0.4, -0.2) is 24.7 Å². The molecule has 8 heteroatoms. The lowest BCUT2D eigenvalue weighted by molar-refractivity contribution is -0.384. The van der Waals surface area contributed by atoms with Gasteiger partial charge in [-0.15, -0.1) is 0 Å². The largest absolute Gasteiger partial charge is 0.315 e. The summed E-state index contributed by atoms with van der Waals surface area (Å²) in [6.45, 7) is 0. The summed E-state index contributed by atoms with van der Waals surface area (Å²) < 4.78 is 1.48. The molecule has 0 radical (unpaired) electrons. The highest BCUT2D eigenvalue weighted by Gasteiger charge is 2.20. The van der Waals surface area contributed by atoms with Gasteiger partial charge in [-0.3, -0.25) is 14.8 Å². The average Bonchev–Trinajstić information content (AvgIpc) is 2.63. The number of hydrogen-bond acceptors (Lipinski definition) is 5. The molecule has 0 aliphatic heterocycles. The van der Waals surface area contributed by atoms with Crippen molar-refractivity contribution in [2.45, 2.75) is 0 Å². The van der Waals surface area contributed by atoms with Gasteiger partial charge >= 0.3 is 5.69 Å². The highest BCUT2D eigenvalue weighted by Crippen LogP contribution is 2.27. The topological polar surface area (TPSA) is 86.7 Å². The Hall–Kier alpha value is -2.02. The van der Waals surface area contributed by atoms with Crippen LogP contribution in [0.3, 0.4) is 0 Å². The molecular formula is C8H6ClN5O2. The van der Waals surface area contributed by atoms with Gasteiger partial charge in [0.25, 0.3) is 0 Å². The van der Waals surface area contributed by atoms with Crippen LogP contribution in [0.25, 0.3) is 11.4 Å². The molecule has 0 bridgehead atoms. The van der Waals surface area contributed by atoms with Crippen molar-refractivity contribution in [3.63, 3.8) is 0 Å². The number of aromatic nitrogens is 4. The van der Waals surface area contributed by atoms with Crippen molar-refractivity contribution < 1.29 is 4.92 Å². The second-order valence-electron chi connectivity index (χ2n) is 2.97. The van der Waals surface area contributed by atoms with Crippen molar-refractivity contribution in [1.82, 2.24) is 19.7 Å². The van der Waals surface area contributed by atoms with E-state index in [-0.39, 0.29) is 16.7 Å². The van der Waals surface area contributed by atoms with Gasteiger partial charge in [0.2, 0.25) is 5.28 Å². The van der Waals surface area contributed by atoms with E-state index >= 15 is 0 Å². The molecule has 82 valence electrons. The maximum Gasteiger partial charge on any atom is 0.315 e. The lowest BCUT2D eigenvalue weighted by Crippen LogP contribution is -2.01. The minimum atomic E-state index is -0.557. The molecule has 0 saturated heterocycles. The van der Waals surface area contributed by atoms with Gasteiger partial charge in [-0.05, 0) is 17.7 Å².